The average molecular weight is 285 g/mol. The van der Waals surface area contributed by atoms with Crippen molar-refractivity contribution in [3.63, 3.8) is 0 Å². The number of imide groups is 2. The maximum Gasteiger partial charge on any atom is 0.334 e. The van der Waals surface area contributed by atoms with Crippen LogP contribution < -0.4 is 5.32 Å². The molecule has 20 heavy (non-hydrogen) atoms. The molecule has 0 aliphatic carbocycles. The number of carbonyl (C=O) groups is 5. The van der Waals surface area contributed by atoms with Gasteiger partial charge in [0.1, 0.15) is 12.6 Å². The smallest absolute Gasteiger partial charge is 0.334 e. The normalized spacial score (nSPS) is 16.6. The Hall–Kier alpha value is -2.45. The van der Waals surface area contributed by atoms with E-state index in [9.17, 15) is 24.0 Å². The third kappa shape index (κ3) is 3.11. The van der Waals surface area contributed by atoms with Crippen molar-refractivity contribution in [2.45, 2.75) is 25.8 Å². The van der Waals surface area contributed by atoms with Crippen LogP contribution in [0.2, 0.25) is 0 Å². The van der Waals surface area contributed by atoms with E-state index in [0.29, 0.717) is 16.2 Å². The highest BCUT2D eigenvalue weighted by molar-refractivity contribution is 6.44. The first-order valence-electron chi connectivity index (χ1n) is 5.95. The minimum absolute atomic E-state index is 0.224. The molecule has 1 aliphatic heterocycles. The molecule has 0 radical (unpaired) electrons. The molecule has 5 amide bonds. The molecule has 1 heterocycles. The van der Waals surface area contributed by atoms with Crippen LogP contribution in [-0.4, -0.2) is 64.3 Å². The van der Waals surface area contributed by atoms with Crippen LogP contribution >= 0.6 is 0 Å². The van der Waals surface area contributed by atoms with Crippen molar-refractivity contribution in [1.82, 2.24) is 15.1 Å². The number of rotatable bonds is 6. The summed E-state index contributed by atoms with van der Waals surface area (Å²) in [5.74, 6) is -4.13. The number of nitrogens with zero attached hydrogens (tertiary/aromatic N) is 2. The van der Waals surface area contributed by atoms with Gasteiger partial charge in [-0.25, -0.2) is 14.5 Å². The van der Waals surface area contributed by atoms with E-state index in [2.05, 4.69) is 5.32 Å². The van der Waals surface area contributed by atoms with Crippen LogP contribution in [0.4, 0.5) is 4.79 Å². The van der Waals surface area contributed by atoms with E-state index in [1.54, 1.807) is 6.92 Å². The molecule has 110 valence electrons. The van der Waals surface area contributed by atoms with Gasteiger partial charge in [-0.2, -0.15) is 0 Å². The number of carboxylic acid groups (broad SMARTS) is 1. The lowest BCUT2D eigenvalue weighted by atomic mass is 10.1. The Morgan fingerprint density at radius 1 is 1.25 bits per heavy atom. The van der Waals surface area contributed by atoms with E-state index in [4.69, 9.17) is 5.11 Å². The molecule has 0 aromatic heterocycles. The topological polar surface area (TPSA) is 124 Å². The van der Waals surface area contributed by atoms with Crippen LogP contribution in [0.1, 0.15) is 19.8 Å². The Kier molecular flexibility index (Phi) is 4.78. The van der Waals surface area contributed by atoms with Gasteiger partial charge >= 0.3 is 23.8 Å². The van der Waals surface area contributed by atoms with Gasteiger partial charge in [0.05, 0.1) is 0 Å². The zero-order chi connectivity index (χ0) is 15.4. The fourth-order valence-corrected chi connectivity index (χ4v) is 1.68. The second kappa shape index (κ2) is 6.13. The number of likely N-dealkylation sites (N-methyl/N-ethyl adjacent to an activating group) is 1. The van der Waals surface area contributed by atoms with Gasteiger partial charge in [-0.05, 0) is 6.42 Å². The molecule has 0 aromatic rings. The number of aliphatic carboxylic acids is 1. The monoisotopic (exact) mass is 285 g/mol. The number of urea groups is 1. The van der Waals surface area contributed by atoms with Crippen molar-refractivity contribution in [1.29, 1.82) is 0 Å². The van der Waals surface area contributed by atoms with Crippen LogP contribution in [-0.2, 0) is 19.2 Å². The highest BCUT2D eigenvalue weighted by Gasteiger charge is 2.43. The van der Waals surface area contributed by atoms with E-state index in [1.165, 1.54) is 0 Å². The molecular weight excluding hydrogens is 270 g/mol. The van der Waals surface area contributed by atoms with Crippen LogP contribution in [0.15, 0.2) is 0 Å². The number of carboxylic acids is 1. The average Bonchev–Trinajstić information content (AvgIpc) is 2.56. The summed E-state index contributed by atoms with van der Waals surface area (Å²) in [7, 11) is 1.12. The Bertz CT molecular complexity index is 475. The van der Waals surface area contributed by atoms with E-state index >= 15 is 0 Å². The molecule has 1 atom stereocenters. The first kappa shape index (κ1) is 15.6. The van der Waals surface area contributed by atoms with Gasteiger partial charge in [-0.3, -0.25) is 19.3 Å². The highest BCUT2D eigenvalue weighted by Crippen LogP contribution is 2.09. The van der Waals surface area contributed by atoms with Crippen LogP contribution in [0.25, 0.3) is 0 Å². The van der Waals surface area contributed by atoms with Gasteiger partial charge in [0.25, 0.3) is 0 Å². The number of amides is 5. The minimum atomic E-state index is -1.20. The molecule has 1 rings (SSSR count). The van der Waals surface area contributed by atoms with Crippen LogP contribution in [0.3, 0.4) is 0 Å². The lowest BCUT2D eigenvalue weighted by Gasteiger charge is -2.16. The molecule has 0 aromatic carbocycles. The number of carbonyl (C=O) groups excluding carboxylic acids is 4. The van der Waals surface area contributed by atoms with E-state index in [1.807, 2.05) is 0 Å². The first-order chi connectivity index (χ1) is 9.29. The van der Waals surface area contributed by atoms with E-state index < -0.39 is 42.3 Å². The van der Waals surface area contributed by atoms with Gasteiger partial charge in [0.2, 0.25) is 5.91 Å². The second-order valence-corrected chi connectivity index (χ2v) is 4.29. The molecule has 9 nitrogen and oxygen atoms in total. The summed E-state index contributed by atoms with van der Waals surface area (Å²) in [5, 5.41) is 11.1. The second-order valence-electron chi connectivity index (χ2n) is 4.29. The SMILES string of the molecule is CCCC(NC(=O)CN1C(=O)C(=O)N(C)C1=O)C(=O)O. The van der Waals surface area contributed by atoms with Crippen molar-refractivity contribution in [3.05, 3.63) is 0 Å². The fourth-order valence-electron chi connectivity index (χ4n) is 1.68. The minimum Gasteiger partial charge on any atom is -0.480 e. The maximum absolute atomic E-state index is 11.6. The molecule has 2 N–H and O–H groups in total. The molecular formula is C11H15N3O6. The van der Waals surface area contributed by atoms with Crippen LogP contribution in [0, 0.1) is 0 Å². The Morgan fingerprint density at radius 3 is 2.25 bits per heavy atom. The lowest BCUT2D eigenvalue weighted by molar-refractivity contribution is -0.144. The zero-order valence-corrected chi connectivity index (χ0v) is 11.1. The molecule has 1 aliphatic rings. The van der Waals surface area contributed by atoms with Gasteiger partial charge in [-0.1, -0.05) is 13.3 Å². The highest BCUT2D eigenvalue weighted by atomic mass is 16.4. The summed E-state index contributed by atoms with van der Waals surface area (Å²) in [6, 6.07) is -1.99. The molecule has 0 saturated carbocycles. The summed E-state index contributed by atoms with van der Waals surface area (Å²) in [6.07, 6.45) is 0.766. The third-order valence-electron chi connectivity index (χ3n) is 2.76. The van der Waals surface area contributed by atoms with Crippen molar-refractivity contribution in [3.8, 4) is 0 Å². The standard InChI is InChI=1S/C11H15N3O6/c1-3-4-6(10(18)19)12-7(15)5-14-9(17)8(16)13(2)11(14)20/h6H,3-5H2,1-2H3,(H,12,15)(H,18,19). The Morgan fingerprint density at radius 2 is 1.85 bits per heavy atom. The predicted molar refractivity (Wildman–Crippen MR) is 64.4 cm³/mol. The Labute approximate surface area is 114 Å². The summed E-state index contributed by atoms with van der Waals surface area (Å²) in [5.41, 5.74) is 0. The van der Waals surface area contributed by atoms with E-state index in [0.717, 1.165) is 7.05 Å². The molecule has 0 bridgehead atoms. The van der Waals surface area contributed by atoms with E-state index in [-0.39, 0.29) is 6.42 Å². The van der Waals surface area contributed by atoms with Crippen LogP contribution in [0.5, 0.6) is 0 Å². The quantitative estimate of drug-likeness (QED) is 0.465. The number of nitrogens with one attached hydrogen (secondary N) is 1. The summed E-state index contributed by atoms with van der Waals surface area (Å²) in [4.78, 5) is 57.8. The summed E-state index contributed by atoms with van der Waals surface area (Å²) < 4.78 is 0. The van der Waals surface area contributed by atoms with Crippen molar-refractivity contribution in [2.24, 2.45) is 0 Å². The first-order valence-corrected chi connectivity index (χ1v) is 5.95. The van der Waals surface area contributed by atoms with Crippen molar-refractivity contribution >= 4 is 29.7 Å². The zero-order valence-electron chi connectivity index (χ0n) is 11.1. The third-order valence-corrected chi connectivity index (χ3v) is 2.76. The fraction of sp³-hybridized carbons (Fsp3) is 0.545. The van der Waals surface area contributed by atoms with Gasteiger partial charge in [0, 0.05) is 7.05 Å². The van der Waals surface area contributed by atoms with Gasteiger partial charge in [-0.15, -0.1) is 0 Å². The summed E-state index contributed by atoms with van der Waals surface area (Å²) in [6.45, 7) is 1.07. The van der Waals surface area contributed by atoms with Gasteiger partial charge in [0.15, 0.2) is 0 Å². The number of hydrogen-bond acceptors (Lipinski definition) is 5. The molecule has 9 heteroatoms. The number of hydrogen-bond donors (Lipinski definition) is 2. The largest absolute Gasteiger partial charge is 0.480 e. The molecule has 1 unspecified atom stereocenters. The van der Waals surface area contributed by atoms with Crippen molar-refractivity contribution in [2.75, 3.05) is 13.6 Å². The summed E-state index contributed by atoms with van der Waals surface area (Å²) >= 11 is 0. The van der Waals surface area contributed by atoms with Gasteiger partial charge < -0.3 is 10.4 Å². The van der Waals surface area contributed by atoms with Crippen molar-refractivity contribution < 1.29 is 29.1 Å². The molecule has 1 fully saturated rings. The lowest BCUT2D eigenvalue weighted by Crippen LogP contribution is -2.47. The Balaban J connectivity index is 2.67. The maximum atomic E-state index is 11.6. The molecule has 1 saturated heterocycles. The predicted octanol–water partition coefficient (Wildman–Crippen LogP) is -1.22. The molecule has 0 spiro atoms.